The van der Waals surface area contributed by atoms with Crippen molar-refractivity contribution in [3.63, 3.8) is 0 Å². The van der Waals surface area contributed by atoms with Gasteiger partial charge in [0.25, 0.3) is 0 Å². The van der Waals surface area contributed by atoms with E-state index in [1.54, 1.807) is 11.8 Å². The first-order valence-electron chi connectivity index (χ1n) is 9.22. The number of benzene rings is 1. The Morgan fingerprint density at radius 2 is 1.58 bits per heavy atom. The van der Waals surface area contributed by atoms with Crippen LogP contribution in [0, 0.1) is 13.8 Å². The third kappa shape index (κ3) is 3.86. The zero-order chi connectivity index (χ0) is 18.8. The summed E-state index contributed by atoms with van der Waals surface area (Å²) in [5.41, 5.74) is 7.05. The standard InChI is InChI=1S/C11H14OS.C11H12OS.H2.H/c2*1-7-3-4-10-11(8(7)2)9(12)5-6-13-10;;/h3-6H2,1-2H3;3-4H,5-6H2,1-2H3;1H;/q;;;-1. The minimum atomic E-state index is 0. The van der Waals surface area contributed by atoms with Gasteiger partial charge in [-0.3, -0.25) is 9.59 Å². The highest BCUT2D eigenvalue weighted by Crippen LogP contribution is 2.40. The second-order valence-electron chi connectivity index (χ2n) is 7.13. The van der Waals surface area contributed by atoms with Gasteiger partial charge >= 0.3 is 0 Å². The van der Waals surface area contributed by atoms with Gasteiger partial charge < -0.3 is 1.43 Å². The van der Waals surface area contributed by atoms with Gasteiger partial charge in [0.15, 0.2) is 11.6 Å². The Hall–Kier alpha value is -1.26. The summed E-state index contributed by atoms with van der Waals surface area (Å²) in [6.45, 7) is 8.33. The van der Waals surface area contributed by atoms with E-state index in [0.717, 1.165) is 47.5 Å². The highest BCUT2D eigenvalue weighted by atomic mass is 32.2. The molecule has 3 aliphatic rings. The number of carbonyl (C=O) groups is 2. The molecule has 2 heterocycles. The van der Waals surface area contributed by atoms with Crippen molar-refractivity contribution in [2.45, 2.75) is 58.3 Å². The lowest BCUT2D eigenvalue weighted by Gasteiger charge is -2.25. The maximum Gasteiger partial charge on any atom is 0.165 e. The normalized spacial score (nSPS) is 19.7. The summed E-state index contributed by atoms with van der Waals surface area (Å²) in [7, 11) is 0. The predicted molar refractivity (Wildman–Crippen MR) is 116 cm³/mol. The molecule has 0 spiro atoms. The van der Waals surface area contributed by atoms with Crippen LogP contribution < -0.4 is 0 Å². The highest BCUT2D eigenvalue weighted by Gasteiger charge is 2.25. The van der Waals surface area contributed by atoms with Gasteiger partial charge in [-0.15, -0.1) is 23.5 Å². The largest absolute Gasteiger partial charge is 1.00 e. The molecule has 0 amide bonds. The van der Waals surface area contributed by atoms with E-state index in [9.17, 15) is 9.59 Å². The average Bonchev–Trinajstić information content (AvgIpc) is 2.62. The zero-order valence-corrected chi connectivity index (χ0v) is 17.7. The smallest absolute Gasteiger partial charge is 0.165 e. The second-order valence-corrected chi connectivity index (χ2v) is 9.45. The summed E-state index contributed by atoms with van der Waals surface area (Å²) in [5.74, 6) is 2.61. The fraction of sp³-hybridized carbons (Fsp3) is 0.455. The van der Waals surface area contributed by atoms with E-state index in [1.165, 1.54) is 26.5 Å². The quantitative estimate of drug-likeness (QED) is 0.513. The van der Waals surface area contributed by atoms with E-state index in [-0.39, 0.29) is 2.85 Å². The number of rotatable bonds is 0. The SMILES string of the molecule is CC1=C(C)C2=C(CC1)SCCC2=O.Cc1ccc2c(c1C)C(=O)CCS2.[H-].[HH]. The van der Waals surface area contributed by atoms with Gasteiger partial charge in [-0.25, -0.2) is 0 Å². The first-order valence-corrected chi connectivity index (χ1v) is 11.2. The summed E-state index contributed by atoms with van der Waals surface area (Å²) in [6.07, 6.45) is 3.66. The zero-order valence-electron chi connectivity index (χ0n) is 17.0. The molecule has 1 aliphatic carbocycles. The van der Waals surface area contributed by atoms with E-state index < -0.39 is 0 Å². The number of aryl methyl sites for hydroxylation is 1. The van der Waals surface area contributed by atoms with Crippen LogP contribution in [-0.2, 0) is 4.79 Å². The molecule has 0 bridgehead atoms. The average molecular weight is 390 g/mol. The molecular formula is C22H29O2S2-. The van der Waals surface area contributed by atoms with Gasteiger partial charge in [0.05, 0.1) is 0 Å². The Bertz CT molecular complexity index is 841. The number of hydrogen-bond donors (Lipinski definition) is 0. The molecule has 0 N–H and O–H groups in total. The molecule has 0 aromatic heterocycles. The van der Waals surface area contributed by atoms with Crippen LogP contribution in [0.15, 0.2) is 38.7 Å². The maximum atomic E-state index is 11.7. The Morgan fingerprint density at radius 1 is 0.885 bits per heavy atom. The molecule has 0 unspecified atom stereocenters. The number of Topliss-reactive ketones (excluding diaryl/α,β-unsaturated/α-hetero) is 2. The summed E-state index contributed by atoms with van der Waals surface area (Å²) in [6, 6.07) is 4.17. The molecule has 0 saturated carbocycles. The van der Waals surface area contributed by atoms with Gasteiger partial charge in [0.2, 0.25) is 0 Å². The van der Waals surface area contributed by atoms with E-state index >= 15 is 0 Å². The first kappa shape index (κ1) is 19.5. The maximum absolute atomic E-state index is 11.7. The molecule has 1 aromatic carbocycles. The van der Waals surface area contributed by atoms with Crippen LogP contribution >= 0.6 is 23.5 Å². The lowest BCUT2D eigenvalue weighted by Crippen LogP contribution is -2.16. The van der Waals surface area contributed by atoms with Crippen molar-refractivity contribution in [1.29, 1.82) is 0 Å². The number of ketones is 2. The number of hydrogen-bond acceptors (Lipinski definition) is 4. The fourth-order valence-corrected chi connectivity index (χ4v) is 5.85. The summed E-state index contributed by atoms with van der Waals surface area (Å²) >= 11 is 3.68. The molecule has 0 fully saturated rings. The number of carbonyl (C=O) groups excluding carboxylic acids is 2. The van der Waals surface area contributed by atoms with Crippen LogP contribution in [0.5, 0.6) is 0 Å². The third-order valence-electron chi connectivity index (χ3n) is 5.47. The van der Waals surface area contributed by atoms with Crippen LogP contribution in [0.3, 0.4) is 0 Å². The van der Waals surface area contributed by atoms with E-state index in [1.807, 2.05) is 18.7 Å². The lowest BCUT2D eigenvalue weighted by atomic mass is 9.89. The van der Waals surface area contributed by atoms with Crippen molar-refractivity contribution in [2.75, 3.05) is 11.5 Å². The predicted octanol–water partition coefficient (Wildman–Crippen LogP) is 6.42. The van der Waals surface area contributed by atoms with Crippen molar-refractivity contribution in [1.82, 2.24) is 0 Å². The monoisotopic (exact) mass is 389 g/mol. The molecule has 1 aromatic rings. The second kappa shape index (κ2) is 8.18. The molecule has 0 atom stereocenters. The van der Waals surface area contributed by atoms with Gasteiger partial charge in [-0.05, 0) is 68.2 Å². The molecule has 4 rings (SSSR count). The Balaban J connectivity index is 0.000000261. The molecule has 26 heavy (non-hydrogen) atoms. The molecule has 0 saturated heterocycles. The molecule has 2 aliphatic heterocycles. The van der Waals surface area contributed by atoms with Gasteiger partial charge in [0.1, 0.15) is 0 Å². The first-order chi connectivity index (χ1) is 12.4. The Labute approximate surface area is 167 Å². The van der Waals surface area contributed by atoms with Crippen LogP contribution in [-0.4, -0.2) is 23.1 Å². The van der Waals surface area contributed by atoms with E-state index in [2.05, 4.69) is 32.9 Å². The van der Waals surface area contributed by atoms with Crippen molar-refractivity contribution < 1.29 is 12.4 Å². The van der Waals surface area contributed by atoms with Gasteiger partial charge in [0, 0.05) is 41.8 Å². The van der Waals surface area contributed by atoms with Crippen molar-refractivity contribution >= 4 is 35.1 Å². The van der Waals surface area contributed by atoms with Gasteiger partial charge in [-0.2, -0.15) is 0 Å². The highest BCUT2D eigenvalue weighted by molar-refractivity contribution is 8.03. The number of thioether (sulfide) groups is 2. The van der Waals surface area contributed by atoms with Crippen LogP contribution in [0.2, 0.25) is 0 Å². The molecule has 0 radical (unpaired) electrons. The Kier molecular flexibility index (Phi) is 6.13. The van der Waals surface area contributed by atoms with E-state index in [0.29, 0.717) is 18.0 Å². The van der Waals surface area contributed by atoms with Crippen LogP contribution in [0.25, 0.3) is 0 Å². The van der Waals surface area contributed by atoms with E-state index in [4.69, 9.17) is 0 Å². The Morgan fingerprint density at radius 3 is 2.35 bits per heavy atom. The van der Waals surface area contributed by atoms with Crippen molar-refractivity contribution in [3.05, 3.63) is 50.4 Å². The number of fused-ring (bicyclic) bond motifs is 1. The number of allylic oxidation sites excluding steroid dienone is 4. The van der Waals surface area contributed by atoms with Gasteiger partial charge in [-0.1, -0.05) is 11.6 Å². The summed E-state index contributed by atoms with van der Waals surface area (Å²) in [5, 5.41) is 0. The minimum Gasteiger partial charge on any atom is -1.00 e. The third-order valence-corrected chi connectivity index (χ3v) is 7.69. The molecule has 4 heteroatoms. The van der Waals surface area contributed by atoms with Crippen LogP contribution in [0.4, 0.5) is 0 Å². The molecule has 142 valence electrons. The molecular weight excluding hydrogens is 360 g/mol. The fourth-order valence-electron chi connectivity index (χ4n) is 3.57. The van der Waals surface area contributed by atoms with Crippen LogP contribution in [0.1, 0.15) is 63.9 Å². The summed E-state index contributed by atoms with van der Waals surface area (Å²) in [4.78, 5) is 25.8. The summed E-state index contributed by atoms with van der Waals surface area (Å²) < 4.78 is 0. The lowest BCUT2D eigenvalue weighted by molar-refractivity contribution is -0.115. The van der Waals surface area contributed by atoms with Crippen molar-refractivity contribution in [2.24, 2.45) is 0 Å². The minimum absolute atomic E-state index is 0. The molecule has 2 nitrogen and oxygen atoms in total. The van der Waals surface area contributed by atoms with Crippen molar-refractivity contribution in [3.8, 4) is 0 Å². The topological polar surface area (TPSA) is 34.1 Å².